The van der Waals surface area contributed by atoms with Gasteiger partial charge in [-0.25, -0.2) is 0 Å². The molecule has 0 radical (unpaired) electrons. The molecule has 0 fully saturated rings. The van der Waals surface area contributed by atoms with Gasteiger partial charge >= 0.3 is 0 Å². The second kappa shape index (κ2) is 6.18. The molecule has 4 heteroatoms. The Bertz CT molecular complexity index is 528. The summed E-state index contributed by atoms with van der Waals surface area (Å²) < 4.78 is 5.27. The molecule has 0 aliphatic carbocycles. The Balaban J connectivity index is 1.91. The zero-order chi connectivity index (χ0) is 14.6. The Labute approximate surface area is 120 Å². The largest absolute Gasteiger partial charge is 0.338 e. The highest BCUT2D eigenvalue weighted by atomic mass is 16.5. The van der Waals surface area contributed by atoms with Gasteiger partial charge in [0.1, 0.15) is 0 Å². The molecule has 0 spiro atoms. The number of nitrogens with zero attached hydrogens (tertiary/aromatic N) is 2. The van der Waals surface area contributed by atoms with Gasteiger partial charge in [0.25, 0.3) is 0 Å². The van der Waals surface area contributed by atoms with Crippen LogP contribution in [-0.2, 0) is 12.8 Å². The molecule has 20 heavy (non-hydrogen) atoms. The molecule has 4 nitrogen and oxygen atoms in total. The third kappa shape index (κ3) is 4.46. The average molecular weight is 273 g/mol. The highest BCUT2D eigenvalue weighted by molar-refractivity contribution is 5.15. The number of aromatic nitrogens is 2. The minimum absolute atomic E-state index is 0.148. The first-order valence-corrected chi connectivity index (χ1v) is 7.06. The lowest BCUT2D eigenvalue weighted by Gasteiger charge is -2.14. The molecule has 1 aromatic carbocycles. The van der Waals surface area contributed by atoms with Crippen LogP contribution in [0.4, 0.5) is 0 Å². The van der Waals surface area contributed by atoms with E-state index in [4.69, 9.17) is 10.3 Å². The van der Waals surface area contributed by atoms with Crippen molar-refractivity contribution in [2.75, 3.05) is 0 Å². The average Bonchev–Trinajstić information content (AvgIpc) is 2.83. The summed E-state index contributed by atoms with van der Waals surface area (Å²) in [5.41, 5.74) is 7.55. The second-order valence-electron chi connectivity index (χ2n) is 6.42. The molecule has 2 rings (SSSR count). The van der Waals surface area contributed by atoms with E-state index < -0.39 is 0 Å². The van der Waals surface area contributed by atoms with Crippen LogP contribution in [0.25, 0.3) is 0 Å². The summed E-state index contributed by atoms with van der Waals surface area (Å²) in [6, 6.07) is 10.1. The second-order valence-corrected chi connectivity index (χ2v) is 6.42. The molecule has 0 amide bonds. The molecule has 0 bridgehead atoms. The molecule has 0 aliphatic heterocycles. The summed E-state index contributed by atoms with van der Waals surface area (Å²) in [4.78, 5) is 4.41. The van der Waals surface area contributed by atoms with Gasteiger partial charge in [0.05, 0.1) is 6.04 Å². The Morgan fingerprint density at radius 1 is 1.20 bits per heavy atom. The van der Waals surface area contributed by atoms with Crippen LogP contribution < -0.4 is 5.73 Å². The Morgan fingerprint density at radius 2 is 1.90 bits per heavy atom. The van der Waals surface area contributed by atoms with E-state index in [-0.39, 0.29) is 11.5 Å². The van der Waals surface area contributed by atoms with Crippen molar-refractivity contribution < 1.29 is 4.52 Å². The first-order valence-electron chi connectivity index (χ1n) is 7.06. The van der Waals surface area contributed by atoms with Crippen molar-refractivity contribution >= 4 is 0 Å². The first-order chi connectivity index (χ1) is 9.44. The summed E-state index contributed by atoms with van der Waals surface area (Å²) >= 11 is 0. The summed E-state index contributed by atoms with van der Waals surface area (Å²) in [5.74, 6) is 1.28. The number of aryl methyl sites for hydroxylation is 1. The Kier molecular flexibility index (Phi) is 4.55. The molecule has 1 heterocycles. The van der Waals surface area contributed by atoms with Crippen molar-refractivity contribution in [1.82, 2.24) is 10.1 Å². The van der Waals surface area contributed by atoms with Gasteiger partial charge in [0.2, 0.25) is 5.89 Å². The molecular formula is C16H23N3O. The summed E-state index contributed by atoms with van der Waals surface area (Å²) in [6.45, 7) is 6.45. The zero-order valence-corrected chi connectivity index (χ0v) is 12.5. The summed E-state index contributed by atoms with van der Waals surface area (Å²) in [7, 11) is 0. The Morgan fingerprint density at radius 3 is 2.55 bits per heavy atom. The predicted molar refractivity (Wildman–Crippen MR) is 79.1 cm³/mol. The van der Waals surface area contributed by atoms with Crippen molar-refractivity contribution in [3.8, 4) is 0 Å². The molecule has 0 aliphatic rings. The van der Waals surface area contributed by atoms with Crippen LogP contribution in [-0.4, -0.2) is 10.1 Å². The topological polar surface area (TPSA) is 64.9 Å². The van der Waals surface area contributed by atoms with E-state index in [1.165, 1.54) is 5.56 Å². The normalized spacial score (nSPS) is 13.4. The smallest absolute Gasteiger partial charge is 0.243 e. The fourth-order valence-corrected chi connectivity index (χ4v) is 2.05. The molecule has 2 N–H and O–H groups in total. The van der Waals surface area contributed by atoms with Gasteiger partial charge in [-0.1, -0.05) is 56.3 Å². The summed E-state index contributed by atoms with van der Waals surface area (Å²) in [6.07, 6.45) is 2.52. The molecule has 0 saturated carbocycles. The summed E-state index contributed by atoms with van der Waals surface area (Å²) in [5, 5.41) is 4.01. The van der Waals surface area contributed by atoms with Crippen molar-refractivity contribution in [2.45, 2.75) is 46.1 Å². The molecular weight excluding hydrogens is 250 g/mol. The van der Waals surface area contributed by atoms with Gasteiger partial charge in [-0.05, 0) is 23.8 Å². The highest BCUT2D eigenvalue weighted by Gasteiger charge is 2.19. The quantitative estimate of drug-likeness (QED) is 0.907. The monoisotopic (exact) mass is 273 g/mol. The highest BCUT2D eigenvalue weighted by Crippen LogP contribution is 2.20. The van der Waals surface area contributed by atoms with Crippen molar-refractivity contribution in [3.05, 3.63) is 47.6 Å². The van der Waals surface area contributed by atoms with E-state index in [1.807, 2.05) is 18.2 Å². The maximum atomic E-state index is 6.12. The zero-order valence-electron chi connectivity index (χ0n) is 12.5. The Hall–Kier alpha value is -1.68. The van der Waals surface area contributed by atoms with Crippen molar-refractivity contribution in [3.63, 3.8) is 0 Å². The molecule has 0 saturated heterocycles. The third-order valence-corrected chi connectivity index (χ3v) is 3.08. The van der Waals surface area contributed by atoms with Crippen LogP contribution >= 0.6 is 0 Å². The SMILES string of the molecule is CC(C)(C)Cc1noc([C@@H](N)CCc2ccccc2)n1. The number of hydrogen-bond donors (Lipinski definition) is 1. The molecule has 0 unspecified atom stereocenters. The minimum Gasteiger partial charge on any atom is -0.338 e. The van der Waals surface area contributed by atoms with Gasteiger partial charge in [-0.2, -0.15) is 4.98 Å². The first kappa shape index (κ1) is 14.7. The lowest BCUT2D eigenvalue weighted by Crippen LogP contribution is -2.13. The number of hydrogen-bond acceptors (Lipinski definition) is 4. The van der Waals surface area contributed by atoms with Gasteiger partial charge in [-0.15, -0.1) is 0 Å². The van der Waals surface area contributed by atoms with E-state index in [0.717, 1.165) is 25.1 Å². The van der Waals surface area contributed by atoms with E-state index in [1.54, 1.807) is 0 Å². The molecule has 1 aromatic heterocycles. The van der Waals surface area contributed by atoms with E-state index in [2.05, 4.69) is 43.0 Å². The van der Waals surface area contributed by atoms with E-state index in [0.29, 0.717) is 5.89 Å². The number of benzene rings is 1. The number of rotatable bonds is 5. The fourth-order valence-electron chi connectivity index (χ4n) is 2.05. The van der Waals surface area contributed by atoms with Crippen LogP contribution in [0.2, 0.25) is 0 Å². The van der Waals surface area contributed by atoms with Crippen molar-refractivity contribution in [2.24, 2.45) is 11.1 Å². The lowest BCUT2D eigenvalue weighted by atomic mass is 9.92. The van der Waals surface area contributed by atoms with Crippen molar-refractivity contribution in [1.29, 1.82) is 0 Å². The molecule has 108 valence electrons. The standard InChI is InChI=1S/C16H23N3O/c1-16(2,3)11-14-18-15(20-19-14)13(17)10-9-12-7-5-4-6-8-12/h4-8,13H,9-11,17H2,1-3H3/t13-/m0/s1. The van der Waals surface area contributed by atoms with E-state index in [9.17, 15) is 0 Å². The number of nitrogens with two attached hydrogens (primary N) is 1. The van der Waals surface area contributed by atoms with Gasteiger partial charge in [-0.3, -0.25) is 0 Å². The minimum atomic E-state index is -0.198. The van der Waals surface area contributed by atoms with Gasteiger partial charge < -0.3 is 10.3 Å². The van der Waals surface area contributed by atoms with Crippen LogP contribution in [0.5, 0.6) is 0 Å². The maximum absolute atomic E-state index is 6.12. The van der Waals surface area contributed by atoms with Gasteiger partial charge in [0.15, 0.2) is 5.82 Å². The molecule has 2 aromatic rings. The third-order valence-electron chi connectivity index (χ3n) is 3.08. The van der Waals surface area contributed by atoms with Crippen LogP contribution in [0.1, 0.15) is 50.5 Å². The molecule has 1 atom stereocenters. The van der Waals surface area contributed by atoms with E-state index >= 15 is 0 Å². The van der Waals surface area contributed by atoms with Crippen LogP contribution in [0.15, 0.2) is 34.9 Å². The lowest BCUT2D eigenvalue weighted by molar-refractivity contribution is 0.336. The maximum Gasteiger partial charge on any atom is 0.243 e. The van der Waals surface area contributed by atoms with Crippen LogP contribution in [0, 0.1) is 5.41 Å². The van der Waals surface area contributed by atoms with Crippen LogP contribution in [0.3, 0.4) is 0 Å². The predicted octanol–water partition coefficient (Wildman–Crippen LogP) is 3.29. The fraction of sp³-hybridized carbons (Fsp3) is 0.500. The van der Waals surface area contributed by atoms with Gasteiger partial charge in [0, 0.05) is 6.42 Å².